The zero-order valence-electron chi connectivity index (χ0n) is 17.8. The van der Waals surface area contributed by atoms with Crippen LogP contribution in [-0.2, 0) is 16.0 Å². The van der Waals surface area contributed by atoms with Crippen LogP contribution >= 0.6 is 0 Å². The van der Waals surface area contributed by atoms with Crippen LogP contribution in [0.5, 0.6) is 0 Å². The van der Waals surface area contributed by atoms with E-state index < -0.39 is 0 Å². The molecule has 158 valence electrons. The standard InChI is InChI=1S/C25H31N3O2/c1-3-25(30)28-13-4-5-19(12-14-28)20-8-6-18(7-9-20)17(2)24(29)16-22-15-23(27-26-22)21-10-11-21/h3,6-9,15,17,19,21H,1,4-5,10-14,16H2,2H3,(H,26,27). The number of Topliss-reactive ketones (excluding diaryl/α,β-unsaturated/α-hetero) is 1. The molecule has 0 bridgehead atoms. The average molecular weight is 406 g/mol. The van der Waals surface area contributed by atoms with Crippen LogP contribution in [-0.4, -0.2) is 39.9 Å². The largest absolute Gasteiger partial charge is 0.339 e. The third kappa shape index (κ3) is 4.72. The SMILES string of the molecule is C=CC(=O)N1CCCC(c2ccc(C(C)C(=O)Cc3cc(C4CC4)n[nH]3)cc2)CC1. The van der Waals surface area contributed by atoms with Crippen molar-refractivity contribution in [3.63, 3.8) is 0 Å². The van der Waals surface area contributed by atoms with Crippen LogP contribution in [0, 0.1) is 0 Å². The Balaban J connectivity index is 1.35. The summed E-state index contributed by atoms with van der Waals surface area (Å²) in [6.45, 7) is 7.17. The molecule has 2 atom stereocenters. The fraction of sp³-hybridized carbons (Fsp3) is 0.480. The van der Waals surface area contributed by atoms with Crippen LogP contribution in [0.4, 0.5) is 0 Å². The Morgan fingerprint density at radius 3 is 2.63 bits per heavy atom. The third-order valence-corrected chi connectivity index (χ3v) is 6.62. The first-order valence-electron chi connectivity index (χ1n) is 11.1. The van der Waals surface area contributed by atoms with Gasteiger partial charge in [-0.3, -0.25) is 14.7 Å². The molecule has 1 N–H and O–H groups in total. The van der Waals surface area contributed by atoms with Gasteiger partial charge in [-0.2, -0.15) is 5.10 Å². The van der Waals surface area contributed by atoms with Crippen molar-refractivity contribution in [3.05, 3.63) is 65.5 Å². The number of benzene rings is 1. The molecular weight excluding hydrogens is 374 g/mol. The predicted molar refractivity (Wildman–Crippen MR) is 117 cm³/mol. The minimum absolute atomic E-state index is 0.0276. The lowest BCUT2D eigenvalue weighted by molar-refractivity contribution is -0.126. The number of likely N-dealkylation sites (tertiary alicyclic amines) is 1. The van der Waals surface area contributed by atoms with Gasteiger partial charge in [-0.1, -0.05) is 37.8 Å². The normalized spacial score (nSPS) is 20.4. The lowest BCUT2D eigenvalue weighted by atomic mass is 9.88. The van der Waals surface area contributed by atoms with Gasteiger partial charge in [0.1, 0.15) is 5.78 Å². The van der Waals surface area contributed by atoms with Crippen LogP contribution in [0.2, 0.25) is 0 Å². The quantitative estimate of drug-likeness (QED) is 0.691. The summed E-state index contributed by atoms with van der Waals surface area (Å²) < 4.78 is 0. The number of nitrogens with one attached hydrogen (secondary N) is 1. The molecule has 0 spiro atoms. The van der Waals surface area contributed by atoms with Crippen LogP contribution in [0.15, 0.2) is 43.0 Å². The maximum Gasteiger partial charge on any atom is 0.245 e. The monoisotopic (exact) mass is 405 g/mol. The van der Waals surface area contributed by atoms with Crippen LogP contribution in [0.3, 0.4) is 0 Å². The van der Waals surface area contributed by atoms with E-state index in [2.05, 4.69) is 47.1 Å². The molecular formula is C25H31N3O2. The first-order chi connectivity index (χ1) is 14.5. The average Bonchev–Trinajstić information content (AvgIpc) is 3.56. The molecule has 1 aliphatic heterocycles. The lowest BCUT2D eigenvalue weighted by Crippen LogP contribution is -2.30. The van der Waals surface area contributed by atoms with Gasteiger partial charge >= 0.3 is 0 Å². The van der Waals surface area contributed by atoms with Crippen LogP contribution < -0.4 is 0 Å². The molecule has 2 heterocycles. The first kappa shape index (κ1) is 20.6. The molecule has 1 amide bonds. The fourth-order valence-corrected chi connectivity index (χ4v) is 4.42. The van der Waals surface area contributed by atoms with Crippen molar-refractivity contribution in [3.8, 4) is 0 Å². The van der Waals surface area contributed by atoms with E-state index in [-0.39, 0.29) is 17.6 Å². The van der Waals surface area contributed by atoms with Crippen molar-refractivity contribution >= 4 is 11.7 Å². The molecule has 1 aliphatic carbocycles. The Hall–Kier alpha value is -2.69. The molecule has 1 aromatic carbocycles. The van der Waals surface area contributed by atoms with Crippen LogP contribution in [0.25, 0.3) is 0 Å². The van der Waals surface area contributed by atoms with E-state index in [1.165, 1.54) is 24.5 Å². The molecule has 2 unspecified atom stereocenters. The number of amides is 1. The van der Waals surface area contributed by atoms with Gasteiger partial charge in [0.15, 0.2) is 0 Å². The summed E-state index contributed by atoms with van der Waals surface area (Å²) in [5, 5.41) is 7.38. The molecule has 1 aromatic heterocycles. The highest BCUT2D eigenvalue weighted by Gasteiger charge is 2.27. The van der Waals surface area contributed by atoms with Gasteiger partial charge in [0.2, 0.25) is 5.91 Å². The minimum Gasteiger partial charge on any atom is -0.339 e. The molecule has 5 nitrogen and oxygen atoms in total. The second-order valence-electron chi connectivity index (χ2n) is 8.78. The summed E-state index contributed by atoms with van der Waals surface area (Å²) in [5.74, 6) is 1.16. The van der Waals surface area contributed by atoms with Gasteiger partial charge in [0, 0.05) is 37.0 Å². The third-order valence-electron chi connectivity index (χ3n) is 6.62. The molecule has 4 rings (SSSR count). The van der Waals surface area contributed by atoms with Crippen molar-refractivity contribution in [2.24, 2.45) is 0 Å². The van der Waals surface area contributed by atoms with Gasteiger partial charge in [-0.15, -0.1) is 0 Å². The first-order valence-corrected chi connectivity index (χ1v) is 11.1. The Morgan fingerprint density at radius 1 is 1.17 bits per heavy atom. The van der Waals surface area contributed by atoms with Crippen LogP contribution in [0.1, 0.15) is 79.3 Å². The smallest absolute Gasteiger partial charge is 0.245 e. The number of rotatable bonds is 7. The number of carbonyl (C=O) groups is 2. The molecule has 2 fully saturated rings. The topological polar surface area (TPSA) is 66.1 Å². The van der Waals surface area contributed by atoms with Crippen molar-refractivity contribution in [2.75, 3.05) is 13.1 Å². The lowest BCUT2D eigenvalue weighted by Gasteiger charge is -2.19. The maximum absolute atomic E-state index is 12.8. The Morgan fingerprint density at radius 2 is 1.93 bits per heavy atom. The van der Waals surface area contributed by atoms with Gasteiger partial charge in [-0.05, 0) is 61.3 Å². The van der Waals surface area contributed by atoms with Gasteiger partial charge in [0.05, 0.1) is 5.69 Å². The molecule has 0 radical (unpaired) electrons. The zero-order chi connectivity index (χ0) is 21.1. The summed E-state index contributed by atoms with van der Waals surface area (Å²) in [6, 6.07) is 10.6. The second-order valence-corrected chi connectivity index (χ2v) is 8.78. The summed E-state index contributed by atoms with van der Waals surface area (Å²) in [5.41, 5.74) is 4.38. The van der Waals surface area contributed by atoms with Crippen molar-refractivity contribution in [2.45, 2.75) is 63.2 Å². The summed E-state index contributed by atoms with van der Waals surface area (Å²) >= 11 is 0. The van der Waals surface area contributed by atoms with E-state index in [0.717, 1.165) is 49.3 Å². The highest BCUT2D eigenvalue weighted by Crippen LogP contribution is 2.39. The Kier molecular flexibility index (Phi) is 6.16. The van der Waals surface area contributed by atoms with E-state index in [1.807, 2.05) is 11.8 Å². The van der Waals surface area contributed by atoms with Gasteiger partial charge < -0.3 is 4.90 Å². The fourth-order valence-electron chi connectivity index (χ4n) is 4.42. The number of nitrogens with zero attached hydrogens (tertiary/aromatic N) is 2. The van der Waals surface area contributed by atoms with Gasteiger partial charge in [-0.25, -0.2) is 0 Å². The summed E-state index contributed by atoms with van der Waals surface area (Å²) in [7, 11) is 0. The van der Waals surface area contributed by atoms with E-state index in [4.69, 9.17) is 0 Å². The molecule has 2 aromatic rings. The number of aromatic nitrogens is 2. The maximum atomic E-state index is 12.8. The summed E-state index contributed by atoms with van der Waals surface area (Å²) in [6.07, 6.45) is 7.29. The number of carbonyl (C=O) groups excluding carboxylic acids is 2. The number of hydrogen-bond donors (Lipinski definition) is 1. The van der Waals surface area contributed by atoms with E-state index >= 15 is 0 Å². The Labute approximate surface area is 178 Å². The molecule has 5 heteroatoms. The van der Waals surface area contributed by atoms with E-state index in [9.17, 15) is 9.59 Å². The predicted octanol–water partition coefficient (Wildman–Crippen LogP) is 4.48. The number of aromatic amines is 1. The summed E-state index contributed by atoms with van der Waals surface area (Å²) in [4.78, 5) is 26.6. The van der Waals surface area contributed by atoms with Crippen molar-refractivity contribution in [1.82, 2.24) is 15.1 Å². The number of ketones is 1. The van der Waals surface area contributed by atoms with Crippen molar-refractivity contribution in [1.29, 1.82) is 0 Å². The van der Waals surface area contributed by atoms with Gasteiger partial charge in [0.25, 0.3) is 0 Å². The Bertz CT molecular complexity index is 911. The molecule has 1 saturated carbocycles. The zero-order valence-corrected chi connectivity index (χ0v) is 17.8. The molecule has 1 saturated heterocycles. The minimum atomic E-state index is -0.137. The molecule has 2 aliphatic rings. The highest BCUT2D eigenvalue weighted by atomic mass is 16.2. The highest BCUT2D eigenvalue weighted by molar-refractivity contribution is 5.87. The van der Waals surface area contributed by atoms with E-state index in [0.29, 0.717) is 18.3 Å². The second kappa shape index (κ2) is 8.99. The van der Waals surface area contributed by atoms with E-state index in [1.54, 1.807) is 0 Å². The molecule has 30 heavy (non-hydrogen) atoms. The number of hydrogen-bond acceptors (Lipinski definition) is 3. The number of H-pyrrole nitrogens is 1. The van der Waals surface area contributed by atoms with Crippen molar-refractivity contribution < 1.29 is 9.59 Å².